The van der Waals surface area contributed by atoms with Gasteiger partial charge in [0.25, 0.3) is 12.3 Å². The number of amides is 1. The summed E-state index contributed by atoms with van der Waals surface area (Å²) < 4.78 is 75.8. The molecule has 204 valence electrons. The van der Waals surface area contributed by atoms with Crippen molar-refractivity contribution in [3.8, 4) is 11.5 Å². The summed E-state index contributed by atoms with van der Waals surface area (Å²) in [6, 6.07) is 9.74. The molecule has 13 heteroatoms. The van der Waals surface area contributed by atoms with Crippen LogP contribution in [-0.2, 0) is 12.7 Å². The van der Waals surface area contributed by atoms with E-state index >= 15 is 0 Å². The van der Waals surface area contributed by atoms with Crippen LogP contribution in [0.15, 0.2) is 48.7 Å². The van der Waals surface area contributed by atoms with Crippen LogP contribution < -0.4 is 20.7 Å². The molecule has 1 aliphatic heterocycles. The highest BCUT2D eigenvalue weighted by Gasteiger charge is 2.41. The van der Waals surface area contributed by atoms with Crippen molar-refractivity contribution in [3.63, 3.8) is 0 Å². The van der Waals surface area contributed by atoms with Gasteiger partial charge in [0.05, 0.1) is 16.4 Å². The van der Waals surface area contributed by atoms with E-state index in [0.717, 1.165) is 17.2 Å². The van der Waals surface area contributed by atoms with Crippen LogP contribution in [0.1, 0.15) is 28.9 Å². The highest BCUT2D eigenvalue weighted by Crippen LogP contribution is 2.49. The van der Waals surface area contributed by atoms with Crippen molar-refractivity contribution in [3.05, 3.63) is 64.9 Å². The molecular formula is C25H25ClF5N5O2. The number of carbonyl (C=O) groups excluding carboxylic acids is 1. The number of hydrogen-bond acceptors (Lipinski definition) is 5. The van der Waals surface area contributed by atoms with E-state index in [2.05, 4.69) is 10.4 Å². The molecule has 7 nitrogen and oxygen atoms in total. The Morgan fingerprint density at radius 3 is 2.63 bits per heavy atom. The van der Waals surface area contributed by atoms with E-state index in [1.807, 2.05) is 0 Å². The quantitative estimate of drug-likeness (QED) is 0.330. The largest absolute Gasteiger partial charge is 0.455 e. The molecule has 1 atom stereocenters. The maximum absolute atomic E-state index is 14.6. The van der Waals surface area contributed by atoms with E-state index in [0.29, 0.717) is 13.0 Å². The van der Waals surface area contributed by atoms with Gasteiger partial charge in [-0.1, -0.05) is 23.7 Å². The number of nitrogens with two attached hydrogens (primary N) is 1. The second-order valence-corrected chi connectivity index (χ2v) is 9.23. The van der Waals surface area contributed by atoms with Crippen LogP contribution in [0.5, 0.6) is 11.5 Å². The predicted octanol–water partition coefficient (Wildman–Crippen LogP) is 6.04. The Balaban J connectivity index is 1.78. The zero-order valence-corrected chi connectivity index (χ0v) is 20.8. The molecule has 4 rings (SSSR count). The van der Waals surface area contributed by atoms with Crippen molar-refractivity contribution in [2.75, 3.05) is 29.9 Å². The summed E-state index contributed by atoms with van der Waals surface area (Å²) in [6.45, 7) is 0.0953. The highest BCUT2D eigenvalue weighted by atomic mass is 35.5. The summed E-state index contributed by atoms with van der Waals surface area (Å²) >= 11 is 6.13. The summed E-state index contributed by atoms with van der Waals surface area (Å²) in [5.41, 5.74) is 4.11. The molecule has 0 spiro atoms. The fourth-order valence-electron chi connectivity index (χ4n) is 4.38. The topological polar surface area (TPSA) is 85.4 Å². The normalized spacial score (nSPS) is 16.1. The molecule has 38 heavy (non-hydrogen) atoms. The first kappa shape index (κ1) is 27.6. The minimum atomic E-state index is -4.87. The van der Waals surface area contributed by atoms with Crippen molar-refractivity contribution >= 4 is 28.9 Å². The number of carbonyl (C=O) groups is 1. The van der Waals surface area contributed by atoms with Gasteiger partial charge in [-0.2, -0.15) is 18.3 Å². The zero-order valence-electron chi connectivity index (χ0n) is 20.0. The third kappa shape index (κ3) is 6.36. The number of benzene rings is 2. The van der Waals surface area contributed by atoms with Crippen LogP contribution in [0.4, 0.5) is 33.3 Å². The Morgan fingerprint density at radius 1 is 1.18 bits per heavy atom. The molecule has 0 bridgehead atoms. The van der Waals surface area contributed by atoms with Crippen LogP contribution in [0.25, 0.3) is 0 Å². The molecule has 1 aromatic heterocycles. The van der Waals surface area contributed by atoms with E-state index in [1.165, 1.54) is 35.4 Å². The third-order valence-electron chi connectivity index (χ3n) is 6.09. The van der Waals surface area contributed by atoms with Gasteiger partial charge in [0.2, 0.25) is 0 Å². The monoisotopic (exact) mass is 557 g/mol. The van der Waals surface area contributed by atoms with Gasteiger partial charge in [-0.3, -0.25) is 9.48 Å². The highest BCUT2D eigenvalue weighted by molar-refractivity contribution is 6.32. The van der Waals surface area contributed by atoms with Gasteiger partial charge in [-0.15, -0.1) is 0 Å². The first-order valence-electron chi connectivity index (χ1n) is 11.8. The van der Waals surface area contributed by atoms with E-state index in [-0.39, 0.29) is 46.8 Å². The van der Waals surface area contributed by atoms with Gasteiger partial charge < -0.3 is 20.7 Å². The lowest BCUT2D eigenvalue weighted by Crippen LogP contribution is -2.40. The molecule has 0 saturated carbocycles. The SMILES string of the molecule is NC[C@@H]1CCCN(c2c(NC(=O)c3ccn(CC(F)F)n3)ccc(Oc3ccccc3Cl)c2C(F)(F)F)C1. The number of nitrogens with one attached hydrogen (secondary N) is 1. The second kappa shape index (κ2) is 11.6. The number of halogens is 6. The molecule has 1 aliphatic rings. The van der Waals surface area contributed by atoms with Gasteiger partial charge in [0.1, 0.15) is 23.6 Å². The molecule has 1 amide bonds. The van der Waals surface area contributed by atoms with Gasteiger partial charge in [-0.05, 0) is 55.6 Å². The van der Waals surface area contributed by atoms with Crippen molar-refractivity contribution in [1.29, 1.82) is 0 Å². The summed E-state index contributed by atoms with van der Waals surface area (Å²) in [6.07, 6.45) is -5.01. The molecule has 0 aliphatic carbocycles. The van der Waals surface area contributed by atoms with E-state index in [4.69, 9.17) is 22.1 Å². The van der Waals surface area contributed by atoms with Crippen molar-refractivity contribution < 1.29 is 31.5 Å². The molecule has 1 saturated heterocycles. The minimum Gasteiger partial charge on any atom is -0.455 e. The molecule has 0 radical (unpaired) electrons. The van der Waals surface area contributed by atoms with Crippen LogP contribution in [-0.4, -0.2) is 41.7 Å². The van der Waals surface area contributed by atoms with Crippen LogP contribution in [0.2, 0.25) is 5.02 Å². The number of aromatic nitrogens is 2. The van der Waals surface area contributed by atoms with Gasteiger partial charge in [-0.25, -0.2) is 8.78 Å². The van der Waals surface area contributed by atoms with Crippen LogP contribution in [0.3, 0.4) is 0 Å². The van der Waals surface area contributed by atoms with Gasteiger partial charge in [0, 0.05) is 19.3 Å². The summed E-state index contributed by atoms with van der Waals surface area (Å²) in [5.74, 6) is -1.36. The maximum atomic E-state index is 14.6. The average Bonchev–Trinajstić information content (AvgIpc) is 3.33. The molecule has 0 unspecified atom stereocenters. The first-order chi connectivity index (χ1) is 18.1. The fraction of sp³-hybridized carbons (Fsp3) is 0.360. The fourth-order valence-corrected chi connectivity index (χ4v) is 4.55. The Labute approximate surface area is 220 Å². The van der Waals surface area contributed by atoms with E-state index in [1.54, 1.807) is 12.1 Å². The summed E-state index contributed by atoms with van der Waals surface area (Å²) in [4.78, 5) is 14.4. The number of para-hydroxylation sites is 1. The number of alkyl halides is 5. The third-order valence-corrected chi connectivity index (χ3v) is 6.41. The van der Waals surface area contributed by atoms with Gasteiger partial charge >= 0.3 is 6.18 Å². The second-order valence-electron chi connectivity index (χ2n) is 8.82. The lowest BCUT2D eigenvalue weighted by atomic mass is 9.96. The Kier molecular flexibility index (Phi) is 8.41. The van der Waals surface area contributed by atoms with Gasteiger partial charge in [0.15, 0.2) is 5.69 Å². The molecule has 2 heterocycles. The Hall–Kier alpha value is -3.38. The van der Waals surface area contributed by atoms with Crippen molar-refractivity contribution in [2.24, 2.45) is 11.7 Å². The molecule has 3 N–H and O–H groups in total. The minimum absolute atomic E-state index is 0.0328. The van der Waals surface area contributed by atoms with Crippen LogP contribution in [0, 0.1) is 5.92 Å². The number of nitrogens with zero attached hydrogens (tertiary/aromatic N) is 3. The lowest BCUT2D eigenvalue weighted by molar-refractivity contribution is -0.138. The summed E-state index contributed by atoms with van der Waals surface area (Å²) in [7, 11) is 0. The Bertz CT molecular complexity index is 1280. The lowest BCUT2D eigenvalue weighted by Gasteiger charge is -2.37. The zero-order chi connectivity index (χ0) is 27.4. The number of anilines is 2. The number of ether oxygens (including phenoxy) is 1. The van der Waals surface area contributed by atoms with Crippen LogP contribution >= 0.6 is 11.6 Å². The number of rotatable bonds is 8. The summed E-state index contributed by atoms with van der Waals surface area (Å²) in [5, 5.41) is 6.41. The number of piperidine rings is 1. The molecule has 2 aromatic carbocycles. The van der Waals surface area contributed by atoms with E-state index in [9.17, 15) is 26.7 Å². The molecular weight excluding hydrogens is 533 g/mol. The Morgan fingerprint density at radius 2 is 1.95 bits per heavy atom. The first-order valence-corrected chi connectivity index (χ1v) is 12.2. The molecule has 1 fully saturated rings. The van der Waals surface area contributed by atoms with Crippen molar-refractivity contribution in [1.82, 2.24) is 9.78 Å². The van der Waals surface area contributed by atoms with E-state index < -0.39 is 36.4 Å². The molecule has 3 aromatic rings. The predicted molar refractivity (Wildman–Crippen MR) is 133 cm³/mol. The van der Waals surface area contributed by atoms with Crippen molar-refractivity contribution in [2.45, 2.75) is 32.0 Å². The maximum Gasteiger partial charge on any atom is 0.422 e. The smallest absolute Gasteiger partial charge is 0.422 e. The number of hydrogen-bond donors (Lipinski definition) is 2. The standard InChI is InChI=1S/C25H25ClF5N5O2/c26-16-5-1-2-6-19(16)38-20-8-7-17(33-24(37)18-9-11-36(34-18)14-21(27)28)23(22(20)25(29,30)31)35-10-3-4-15(12-32)13-35/h1-2,5-9,11,15,21H,3-4,10,12-14,32H2,(H,33,37)/t15-/m0/s1. The average molecular weight is 558 g/mol.